The quantitative estimate of drug-likeness (QED) is 0.645. The molecule has 0 bridgehead atoms. The Morgan fingerprint density at radius 1 is 1.00 bits per heavy atom. The molecule has 22 heavy (non-hydrogen) atoms. The summed E-state index contributed by atoms with van der Waals surface area (Å²) in [6.07, 6.45) is 0. The average Bonchev–Trinajstić information content (AvgIpc) is 2.48. The zero-order valence-electron chi connectivity index (χ0n) is 12.2. The summed E-state index contributed by atoms with van der Waals surface area (Å²) in [5, 5.41) is 0.763. The summed E-state index contributed by atoms with van der Waals surface area (Å²) in [5.41, 5.74) is 0.854. The third-order valence-electron chi connectivity index (χ3n) is 3.95. The van der Waals surface area contributed by atoms with Crippen LogP contribution in [0.2, 0.25) is 0 Å². The van der Waals surface area contributed by atoms with Crippen LogP contribution in [0.15, 0.2) is 36.4 Å². The van der Waals surface area contributed by atoms with Crippen molar-refractivity contribution in [2.24, 2.45) is 5.92 Å². The molecule has 0 saturated heterocycles. The van der Waals surface area contributed by atoms with Crippen LogP contribution in [-0.2, 0) is 4.79 Å². The van der Waals surface area contributed by atoms with Crippen LogP contribution >= 0.6 is 11.6 Å². The summed E-state index contributed by atoms with van der Waals surface area (Å²) in [7, 11) is 0. The molecular formula is C17H14ClNO3. The zero-order chi connectivity index (χ0) is 16.0. The molecule has 2 aromatic rings. The molecule has 1 aliphatic rings. The Morgan fingerprint density at radius 3 is 1.91 bits per heavy atom. The molecule has 0 saturated carbocycles. The largest absolute Gasteiger partial charge is 0.279 e. The van der Waals surface area contributed by atoms with E-state index in [0.29, 0.717) is 16.5 Å². The summed E-state index contributed by atoms with van der Waals surface area (Å²) >= 11 is 5.65. The van der Waals surface area contributed by atoms with Gasteiger partial charge in [0.1, 0.15) is 6.04 Å². The van der Waals surface area contributed by atoms with Gasteiger partial charge in [0.15, 0.2) is 0 Å². The Kier molecular flexibility index (Phi) is 3.49. The van der Waals surface area contributed by atoms with Crippen molar-refractivity contribution < 1.29 is 14.4 Å². The molecule has 2 amide bonds. The van der Waals surface area contributed by atoms with Crippen molar-refractivity contribution in [3.8, 4) is 0 Å². The van der Waals surface area contributed by atoms with Crippen LogP contribution in [0.1, 0.15) is 34.6 Å². The molecule has 0 spiro atoms. The maximum Gasteiger partial charge on any atom is 0.262 e. The number of nitrogens with zero attached hydrogens (tertiary/aromatic N) is 1. The van der Waals surface area contributed by atoms with E-state index >= 15 is 0 Å². The lowest BCUT2D eigenvalue weighted by molar-refractivity contribution is -0.116. The lowest BCUT2D eigenvalue weighted by atomic mass is 9.91. The molecule has 0 fully saturated rings. The third kappa shape index (κ3) is 2.03. The number of hydrogen-bond acceptors (Lipinski definition) is 3. The molecule has 0 aliphatic carbocycles. The number of carbonyl (C=O) groups is 3. The first-order valence-electron chi connectivity index (χ1n) is 7.02. The molecule has 0 radical (unpaired) electrons. The van der Waals surface area contributed by atoms with Crippen molar-refractivity contribution >= 4 is 39.4 Å². The van der Waals surface area contributed by atoms with Gasteiger partial charge >= 0.3 is 0 Å². The lowest BCUT2D eigenvalue weighted by Gasteiger charge is -2.33. The fourth-order valence-corrected chi connectivity index (χ4v) is 3.31. The van der Waals surface area contributed by atoms with E-state index in [1.807, 2.05) is 12.1 Å². The second-order valence-electron chi connectivity index (χ2n) is 5.68. The third-order valence-corrected chi connectivity index (χ3v) is 4.17. The smallest absolute Gasteiger partial charge is 0.262 e. The Labute approximate surface area is 132 Å². The topological polar surface area (TPSA) is 54.5 Å². The normalized spacial score (nSPS) is 15.5. The summed E-state index contributed by atoms with van der Waals surface area (Å²) in [6.45, 7) is 3.51. The maximum absolute atomic E-state index is 12.8. The molecular weight excluding hydrogens is 302 g/mol. The Morgan fingerprint density at radius 2 is 1.50 bits per heavy atom. The number of imide groups is 1. The van der Waals surface area contributed by atoms with Gasteiger partial charge in [0.05, 0.1) is 0 Å². The highest BCUT2D eigenvalue weighted by Crippen LogP contribution is 2.32. The fraction of sp³-hybridized carbons (Fsp3) is 0.235. The van der Waals surface area contributed by atoms with Crippen LogP contribution in [0.5, 0.6) is 0 Å². The van der Waals surface area contributed by atoms with E-state index in [9.17, 15) is 14.4 Å². The van der Waals surface area contributed by atoms with Crippen molar-refractivity contribution in [3.05, 3.63) is 47.5 Å². The summed E-state index contributed by atoms with van der Waals surface area (Å²) in [6, 6.07) is 9.61. The molecule has 0 aromatic heterocycles. The van der Waals surface area contributed by atoms with Crippen LogP contribution in [0, 0.1) is 5.92 Å². The highest BCUT2D eigenvalue weighted by Gasteiger charge is 2.41. The first-order valence-corrected chi connectivity index (χ1v) is 7.40. The fourth-order valence-electron chi connectivity index (χ4n) is 2.96. The van der Waals surface area contributed by atoms with E-state index in [1.54, 1.807) is 38.1 Å². The van der Waals surface area contributed by atoms with E-state index < -0.39 is 23.1 Å². The number of hydrogen-bond donors (Lipinski definition) is 0. The minimum absolute atomic E-state index is 0.262. The predicted octanol–water partition coefficient (Wildman–Crippen LogP) is 3.23. The van der Waals surface area contributed by atoms with Gasteiger partial charge in [-0.05, 0) is 35.0 Å². The van der Waals surface area contributed by atoms with Crippen molar-refractivity contribution in [1.82, 2.24) is 4.90 Å². The second-order valence-corrected chi connectivity index (χ2v) is 6.06. The molecule has 5 heteroatoms. The molecule has 1 atom stereocenters. The van der Waals surface area contributed by atoms with Gasteiger partial charge < -0.3 is 0 Å². The standard InChI is InChI=1S/C17H14ClNO3/c1-9(2)14(15(18)20)19-16(21)11-7-3-5-10-6-4-8-12(13(10)11)17(19)22/h3-9,14H,1-2H3/t14-/m0/s1. The average molecular weight is 316 g/mol. The molecule has 0 N–H and O–H groups in total. The molecule has 1 aliphatic heterocycles. The first-order chi connectivity index (χ1) is 10.4. The van der Waals surface area contributed by atoms with Gasteiger partial charge in [0.25, 0.3) is 11.8 Å². The first kappa shape index (κ1) is 14.7. The van der Waals surface area contributed by atoms with Crippen molar-refractivity contribution in [1.29, 1.82) is 0 Å². The Balaban J connectivity index is 2.26. The Bertz CT molecular complexity index is 762. The van der Waals surface area contributed by atoms with Crippen molar-refractivity contribution in [3.63, 3.8) is 0 Å². The highest BCUT2D eigenvalue weighted by molar-refractivity contribution is 6.65. The molecule has 112 valence electrons. The second kappa shape index (κ2) is 5.21. The van der Waals surface area contributed by atoms with Gasteiger partial charge in [-0.1, -0.05) is 38.1 Å². The van der Waals surface area contributed by atoms with Crippen molar-refractivity contribution in [2.45, 2.75) is 19.9 Å². The van der Waals surface area contributed by atoms with Crippen LogP contribution in [0.25, 0.3) is 10.8 Å². The van der Waals surface area contributed by atoms with Crippen molar-refractivity contribution in [2.75, 3.05) is 0 Å². The monoisotopic (exact) mass is 315 g/mol. The molecule has 4 nitrogen and oxygen atoms in total. The summed E-state index contributed by atoms with van der Waals surface area (Å²) in [4.78, 5) is 38.3. The molecule has 3 rings (SSSR count). The van der Waals surface area contributed by atoms with Gasteiger partial charge in [-0.15, -0.1) is 0 Å². The molecule has 2 aromatic carbocycles. The highest BCUT2D eigenvalue weighted by atomic mass is 35.5. The van der Waals surface area contributed by atoms with Gasteiger partial charge in [-0.2, -0.15) is 0 Å². The number of benzene rings is 2. The van der Waals surface area contributed by atoms with E-state index in [1.165, 1.54) is 0 Å². The SMILES string of the molecule is CC(C)[C@@H](C(=O)Cl)N1C(=O)c2cccc3cccc(c23)C1=O. The number of rotatable bonds is 3. The minimum atomic E-state index is -0.967. The summed E-state index contributed by atoms with van der Waals surface area (Å²) in [5.74, 6) is -1.20. The predicted molar refractivity (Wildman–Crippen MR) is 83.9 cm³/mol. The van der Waals surface area contributed by atoms with Gasteiger partial charge in [0.2, 0.25) is 5.24 Å². The lowest BCUT2D eigenvalue weighted by Crippen LogP contribution is -2.51. The van der Waals surface area contributed by atoms with Gasteiger partial charge in [-0.25, -0.2) is 0 Å². The zero-order valence-corrected chi connectivity index (χ0v) is 12.9. The number of halogens is 1. The molecule has 0 unspecified atom stereocenters. The van der Waals surface area contributed by atoms with E-state index in [0.717, 1.165) is 10.3 Å². The number of carbonyl (C=O) groups excluding carboxylic acids is 3. The van der Waals surface area contributed by atoms with Crippen LogP contribution in [0.4, 0.5) is 0 Å². The van der Waals surface area contributed by atoms with Gasteiger partial charge in [-0.3, -0.25) is 19.3 Å². The van der Waals surface area contributed by atoms with Crippen LogP contribution < -0.4 is 0 Å². The van der Waals surface area contributed by atoms with E-state index in [-0.39, 0.29) is 5.92 Å². The van der Waals surface area contributed by atoms with Crippen LogP contribution in [0.3, 0.4) is 0 Å². The van der Waals surface area contributed by atoms with E-state index in [2.05, 4.69) is 0 Å². The van der Waals surface area contributed by atoms with E-state index in [4.69, 9.17) is 11.6 Å². The minimum Gasteiger partial charge on any atom is -0.279 e. The number of amides is 2. The summed E-state index contributed by atoms with van der Waals surface area (Å²) < 4.78 is 0. The van der Waals surface area contributed by atoms with Gasteiger partial charge in [0, 0.05) is 16.5 Å². The molecule has 1 heterocycles. The Hall–Kier alpha value is -2.20. The maximum atomic E-state index is 12.8. The van der Waals surface area contributed by atoms with Crippen LogP contribution in [-0.4, -0.2) is 28.0 Å².